The summed E-state index contributed by atoms with van der Waals surface area (Å²) in [7, 11) is 3.59. The predicted octanol–water partition coefficient (Wildman–Crippen LogP) is 3.89. The molecule has 5 aromatic rings. The number of aromatic nitrogens is 5. The first-order chi connectivity index (χ1) is 22.1. The summed E-state index contributed by atoms with van der Waals surface area (Å²) in [5, 5.41) is 21.9. The van der Waals surface area contributed by atoms with Crippen LogP contribution >= 0.6 is 11.3 Å². The maximum Gasteiger partial charge on any atom is 0.253 e. The molecule has 0 aliphatic carbocycles. The van der Waals surface area contributed by atoms with Crippen LogP contribution in [0.5, 0.6) is 0 Å². The predicted molar refractivity (Wildman–Crippen MR) is 177 cm³/mol. The molecule has 0 aliphatic rings. The molecule has 3 aromatic heterocycles. The number of benzene rings is 2. The largest absolute Gasteiger partial charge is 0.390 e. The number of carbonyl (C=O) groups excluding carboxylic acids is 2. The number of aliphatic hydroxyl groups is 1. The van der Waals surface area contributed by atoms with Crippen LogP contribution in [-0.4, -0.2) is 77.2 Å². The van der Waals surface area contributed by atoms with Gasteiger partial charge in [-0.1, -0.05) is 36.4 Å². The van der Waals surface area contributed by atoms with Crippen LogP contribution in [0, 0.1) is 13.8 Å². The van der Waals surface area contributed by atoms with Crippen molar-refractivity contribution >= 4 is 23.2 Å². The summed E-state index contributed by atoms with van der Waals surface area (Å²) in [6.07, 6.45) is 5.06. The van der Waals surface area contributed by atoms with E-state index in [9.17, 15) is 14.7 Å². The van der Waals surface area contributed by atoms with Crippen LogP contribution in [0.1, 0.15) is 54.1 Å². The molecule has 0 unspecified atom stereocenters. The smallest absolute Gasteiger partial charge is 0.253 e. The van der Waals surface area contributed by atoms with Gasteiger partial charge in [-0.05, 0) is 44.0 Å². The maximum absolute atomic E-state index is 13.7. The molecule has 240 valence electrons. The number of rotatable bonds is 14. The quantitative estimate of drug-likeness (QED) is 0.168. The van der Waals surface area contributed by atoms with Crippen LogP contribution in [-0.2, 0) is 33.1 Å². The van der Waals surface area contributed by atoms with Gasteiger partial charge >= 0.3 is 0 Å². The Hall–Kier alpha value is -4.65. The van der Waals surface area contributed by atoms with Gasteiger partial charge in [0.25, 0.3) is 11.8 Å². The van der Waals surface area contributed by atoms with Crippen LogP contribution in [0.25, 0.3) is 0 Å². The lowest BCUT2D eigenvalue weighted by molar-refractivity contribution is 0.0634. The SMILES string of the molecule is Cc1csc(CN(C)C(=O)c2cccc(C(=O)N[C@@H](Cc3ccccc3)[C@H](O)CN(Cc3cnn(C)c3)Cc3cnc(C)[nH]3)c2)n1. The fraction of sp³-hybridized carbons (Fsp3) is 0.324. The minimum absolute atomic E-state index is 0.205. The zero-order chi connectivity index (χ0) is 32.6. The molecule has 2 amide bonds. The molecule has 46 heavy (non-hydrogen) atoms. The average Bonchev–Trinajstić information content (AvgIpc) is 3.77. The van der Waals surface area contributed by atoms with Crippen molar-refractivity contribution < 1.29 is 14.7 Å². The number of nitrogens with zero attached hydrogens (tertiary/aromatic N) is 6. The van der Waals surface area contributed by atoms with E-state index in [0.717, 1.165) is 33.3 Å². The second kappa shape index (κ2) is 15.1. The lowest BCUT2D eigenvalue weighted by Crippen LogP contribution is -2.49. The van der Waals surface area contributed by atoms with E-state index in [-0.39, 0.29) is 18.4 Å². The van der Waals surface area contributed by atoms with Crippen LogP contribution < -0.4 is 5.32 Å². The molecule has 0 saturated heterocycles. The summed E-state index contributed by atoms with van der Waals surface area (Å²) in [6, 6.07) is 15.8. The highest BCUT2D eigenvalue weighted by molar-refractivity contribution is 7.09. The van der Waals surface area contributed by atoms with E-state index in [4.69, 9.17) is 0 Å². The molecule has 12 heteroatoms. The van der Waals surface area contributed by atoms with Gasteiger partial charge in [-0.15, -0.1) is 11.3 Å². The summed E-state index contributed by atoms with van der Waals surface area (Å²) in [4.78, 5) is 42.7. The van der Waals surface area contributed by atoms with Crippen molar-refractivity contribution in [3.8, 4) is 0 Å². The van der Waals surface area contributed by atoms with Crippen molar-refractivity contribution in [2.75, 3.05) is 13.6 Å². The van der Waals surface area contributed by atoms with Crippen molar-refractivity contribution in [2.24, 2.45) is 7.05 Å². The van der Waals surface area contributed by atoms with Crippen LogP contribution in [0.15, 0.2) is 78.6 Å². The Morgan fingerprint density at radius 3 is 2.48 bits per heavy atom. The second-order valence-corrected chi connectivity index (χ2v) is 12.6. The van der Waals surface area contributed by atoms with E-state index in [1.165, 1.54) is 11.3 Å². The first kappa shape index (κ1) is 32.7. The minimum Gasteiger partial charge on any atom is -0.390 e. The molecule has 0 aliphatic heterocycles. The third-order valence-corrected chi connectivity index (χ3v) is 8.55. The zero-order valence-corrected chi connectivity index (χ0v) is 27.4. The van der Waals surface area contributed by atoms with Crippen molar-refractivity contribution in [1.82, 2.24) is 39.8 Å². The third kappa shape index (κ3) is 8.96. The maximum atomic E-state index is 13.7. The van der Waals surface area contributed by atoms with Gasteiger partial charge in [-0.2, -0.15) is 5.10 Å². The van der Waals surface area contributed by atoms with Gasteiger partial charge in [-0.3, -0.25) is 19.2 Å². The minimum atomic E-state index is -0.914. The van der Waals surface area contributed by atoms with Crippen LogP contribution in [0.3, 0.4) is 0 Å². The van der Waals surface area contributed by atoms with Gasteiger partial charge in [0.2, 0.25) is 0 Å². The van der Waals surface area contributed by atoms with Crippen molar-refractivity contribution in [1.29, 1.82) is 0 Å². The lowest BCUT2D eigenvalue weighted by Gasteiger charge is -2.30. The second-order valence-electron chi connectivity index (χ2n) is 11.6. The van der Waals surface area contributed by atoms with Gasteiger partial charge < -0.3 is 20.3 Å². The number of imidazole rings is 1. The highest BCUT2D eigenvalue weighted by atomic mass is 32.1. The van der Waals surface area contributed by atoms with Gasteiger partial charge in [0.05, 0.1) is 24.9 Å². The summed E-state index contributed by atoms with van der Waals surface area (Å²) < 4.78 is 1.75. The molecule has 0 spiro atoms. The Bertz CT molecular complexity index is 1710. The number of thiazole rings is 1. The number of hydrogen-bond donors (Lipinski definition) is 3. The standard InChI is InChI=1S/C34H40N8O3S/c1-23-22-46-32(37-23)21-40(3)34(45)28-12-8-11-27(14-28)33(44)39-30(13-25-9-6-5-7-10-25)31(43)20-42(18-26-15-36-41(4)17-26)19-29-16-35-24(2)38-29/h5-12,14-17,22,30-31,43H,13,18-21H2,1-4H3,(H,35,38)(H,39,44)/t30-,31+/m0/s1. The Morgan fingerprint density at radius 1 is 1.02 bits per heavy atom. The zero-order valence-electron chi connectivity index (χ0n) is 26.6. The summed E-state index contributed by atoms with van der Waals surface area (Å²) in [6.45, 7) is 5.56. The van der Waals surface area contributed by atoms with Crippen LogP contribution in [0.2, 0.25) is 0 Å². The normalized spacial score (nSPS) is 12.7. The summed E-state index contributed by atoms with van der Waals surface area (Å²) in [5.41, 5.74) is 4.58. The molecule has 0 bridgehead atoms. The molecule has 0 radical (unpaired) electrons. The number of carbonyl (C=O) groups is 2. The fourth-order valence-corrected chi connectivity index (χ4v) is 6.17. The number of aromatic amines is 1. The molecule has 0 saturated carbocycles. The van der Waals surface area contributed by atoms with E-state index in [1.807, 2.05) is 69.0 Å². The van der Waals surface area contributed by atoms with Crippen LogP contribution in [0.4, 0.5) is 0 Å². The molecular formula is C34H40N8O3S. The van der Waals surface area contributed by atoms with E-state index >= 15 is 0 Å². The van der Waals surface area contributed by atoms with E-state index in [0.29, 0.717) is 37.2 Å². The molecule has 2 aromatic carbocycles. The topological polar surface area (TPSA) is 132 Å². The molecule has 2 atom stereocenters. The summed E-state index contributed by atoms with van der Waals surface area (Å²) >= 11 is 1.51. The van der Waals surface area contributed by atoms with E-state index in [2.05, 4.69) is 30.3 Å². The first-order valence-electron chi connectivity index (χ1n) is 15.1. The molecule has 5 rings (SSSR count). The number of nitrogens with one attached hydrogen (secondary N) is 2. The third-order valence-electron chi connectivity index (χ3n) is 7.60. The summed E-state index contributed by atoms with van der Waals surface area (Å²) in [5.74, 6) is 0.246. The molecule has 11 nitrogen and oxygen atoms in total. The van der Waals surface area contributed by atoms with E-state index < -0.39 is 12.1 Å². The van der Waals surface area contributed by atoms with Crippen molar-refractivity contribution in [3.05, 3.63) is 123 Å². The number of aliphatic hydroxyl groups excluding tert-OH is 1. The number of H-pyrrole nitrogens is 1. The molecular weight excluding hydrogens is 600 g/mol. The van der Waals surface area contributed by atoms with Gasteiger partial charge in [-0.25, -0.2) is 9.97 Å². The average molecular weight is 641 g/mol. The Balaban J connectivity index is 1.32. The number of aryl methyl sites for hydroxylation is 3. The molecule has 3 N–H and O–H groups in total. The highest BCUT2D eigenvalue weighted by Crippen LogP contribution is 2.16. The Kier molecular flexibility index (Phi) is 10.7. The lowest BCUT2D eigenvalue weighted by atomic mass is 9.99. The fourth-order valence-electron chi connectivity index (χ4n) is 5.35. The first-order valence-corrected chi connectivity index (χ1v) is 16.0. The molecule has 3 heterocycles. The molecule has 0 fully saturated rings. The van der Waals surface area contributed by atoms with E-state index in [1.54, 1.807) is 47.1 Å². The number of hydrogen-bond acceptors (Lipinski definition) is 8. The highest BCUT2D eigenvalue weighted by Gasteiger charge is 2.26. The van der Waals surface area contributed by atoms with Gasteiger partial charge in [0, 0.05) is 79.6 Å². The van der Waals surface area contributed by atoms with Crippen molar-refractivity contribution in [2.45, 2.75) is 52.0 Å². The number of amides is 2. The Labute approximate surface area is 272 Å². The monoisotopic (exact) mass is 640 g/mol. The van der Waals surface area contributed by atoms with Gasteiger partial charge in [0.15, 0.2) is 0 Å². The Morgan fingerprint density at radius 2 is 1.80 bits per heavy atom. The van der Waals surface area contributed by atoms with Crippen molar-refractivity contribution in [3.63, 3.8) is 0 Å². The van der Waals surface area contributed by atoms with Gasteiger partial charge in [0.1, 0.15) is 10.8 Å².